The van der Waals surface area contributed by atoms with Crippen LogP contribution in [0.5, 0.6) is 11.5 Å². The second-order valence-electron chi connectivity index (χ2n) is 10.9. The molecule has 0 amide bonds. The molecule has 0 saturated heterocycles. The second kappa shape index (κ2) is 14.2. The van der Waals surface area contributed by atoms with E-state index in [1.54, 1.807) is 0 Å². The fourth-order valence-electron chi connectivity index (χ4n) is 5.33. The molecule has 0 radical (unpaired) electrons. The summed E-state index contributed by atoms with van der Waals surface area (Å²) < 4.78 is 39.5. The lowest BCUT2D eigenvalue weighted by molar-refractivity contribution is 0.0689. The zero-order valence-corrected chi connectivity index (χ0v) is 25.4. The van der Waals surface area contributed by atoms with Gasteiger partial charge in [-0.05, 0) is 84.7 Å². The number of aromatic carboxylic acids is 1. The van der Waals surface area contributed by atoms with Crippen molar-refractivity contribution in [2.75, 3.05) is 12.0 Å². The van der Waals surface area contributed by atoms with Crippen LogP contribution in [0.3, 0.4) is 0 Å². The summed E-state index contributed by atoms with van der Waals surface area (Å²) >= 11 is 0. The average molecular weight is 588 g/mol. The number of carboxylic acid groups (broad SMARTS) is 1. The number of rotatable bonds is 13. The second-order valence-corrected chi connectivity index (χ2v) is 10.9. The molecular formula is C36H39F2NO4. The molecule has 4 rings (SSSR count). The number of methoxy groups -OCH3 is 1. The van der Waals surface area contributed by atoms with E-state index in [-0.39, 0.29) is 6.61 Å². The third-order valence-electron chi connectivity index (χ3n) is 7.82. The van der Waals surface area contributed by atoms with Gasteiger partial charge in [0.25, 0.3) is 0 Å². The van der Waals surface area contributed by atoms with Gasteiger partial charge in [0, 0.05) is 18.3 Å². The van der Waals surface area contributed by atoms with Gasteiger partial charge in [-0.3, -0.25) is 0 Å². The fourth-order valence-corrected chi connectivity index (χ4v) is 5.33. The molecule has 4 aromatic carbocycles. The first kappa shape index (κ1) is 31.5. The van der Waals surface area contributed by atoms with E-state index in [4.69, 9.17) is 9.47 Å². The maximum Gasteiger partial charge on any atom is 0.338 e. The summed E-state index contributed by atoms with van der Waals surface area (Å²) in [7, 11) is 1.17. The molecule has 0 heterocycles. The summed E-state index contributed by atoms with van der Waals surface area (Å²) in [6, 6.07) is 25.8. The van der Waals surface area contributed by atoms with E-state index in [1.807, 2.05) is 24.3 Å². The Kier molecular flexibility index (Phi) is 10.4. The van der Waals surface area contributed by atoms with Crippen LogP contribution in [0.15, 0.2) is 78.9 Å². The molecule has 4 aromatic rings. The maximum atomic E-state index is 14.7. The van der Waals surface area contributed by atoms with Gasteiger partial charge >= 0.3 is 5.97 Å². The Bertz CT molecular complexity index is 1530. The first-order valence-electron chi connectivity index (χ1n) is 14.6. The third kappa shape index (κ3) is 7.34. The van der Waals surface area contributed by atoms with Crippen molar-refractivity contribution in [3.63, 3.8) is 0 Å². The molecule has 7 heteroatoms. The highest BCUT2D eigenvalue weighted by atomic mass is 19.1. The third-order valence-corrected chi connectivity index (χ3v) is 7.82. The largest absolute Gasteiger partial charge is 0.490 e. The molecule has 5 nitrogen and oxygen atoms in total. The van der Waals surface area contributed by atoms with E-state index >= 15 is 0 Å². The Morgan fingerprint density at radius 1 is 0.860 bits per heavy atom. The van der Waals surface area contributed by atoms with Crippen LogP contribution in [0.1, 0.15) is 73.5 Å². The number of nitrogens with zero attached hydrogens (tertiary/aromatic N) is 1. The molecule has 0 atom stereocenters. The number of hydrogen-bond acceptors (Lipinski definition) is 4. The van der Waals surface area contributed by atoms with Gasteiger partial charge in [-0.2, -0.15) is 0 Å². The van der Waals surface area contributed by atoms with Gasteiger partial charge in [-0.15, -0.1) is 0 Å². The van der Waals surface area contributed by atoms with Crippen molar-refractivity contribution in [3.8, 4) is 22.6 Å². The lowest BCUT2D eigenvalue weighted by Crippen LogP contribution is -2.30. The van der Waals surface area contributed by atoms with Gasteiger partial charge in [0.15, 0.2) is 17.4 Å². The number of halogens is 2. The summed E-state index contributed by atoms with van der Waals surface area (Å²) in [6.07, 6.45) is 2.27. The summed E-state index contributed by atoms with van der Waals surface area (Å²) in [6.45, 7) is 9.54. The smallest absolute Gasteiger partial charge is 0.338 e. The van der Waals surface area contributed by atoms with E-state index in [0.717, 1.165) is 30.5 Å². The molecule has 1 N–H and O–H groups in total. The van der Waals surface area contributed by atoms with Crippen molar-refractivity contribution in [2.24, 2.45) is 0 Å². The van der Waals surface area contributed by atoms with Crippen LogP contribution >= 0.6 is 0 Å². The monoisotopic (exact) mass is 587 g/mol. The van der Waals surface area contributed by atoms with Crippen molar-refractivity contribution in [1.82, 2.24) is 0 Å². The van der Waals surface area contributed by atoms with Crippen LogP contribution in [-0.4, -0.2) is 24.2 Å². The molecule has 0 saturated carbocycles. The van der Waals surface area contributed by atoms with E-state index in [1.165, 1.54) is 23.9 Å². The topological polar surface area (TPSA) is 59.0 Å². The van der Waals surface area contributed by atoms with Crippen molar-refractivity contribution in [1.29, 1.82) is 0 Å². The zero-order valence-electron chi connectivity index (χ0n) is 25.4. The van der Waals surface area contributed by atoms with Crippen LogP contribution < -0.4 is 14.4 Å². The van der Waals surface area contributed by atoms with Crippen molar-refractivity contribution in [3.05, 3.63) is 113 Å². The molecular weight excluding hydrogens is 548 g/mol. The molecule has 226 valence electrons. The van der Waals surface area contributed by atoms with Crippen LogP contribution in [0.25, 0.3) is 11.1 Å². The summed E-state index contributed by atoms with van der Waals surface area (Å²) in [5.74, 6) is -4.25. The Labute approximate surface area is 252 Å². The van der Waals surface area contributed by atoms with Crippen molar-refractivity contribution in [2.45, 2.75) is 65.6 Å². The van der Waals surface area contributed by atoms with E-state index in [9.17, 15) is 18.7 Å². The number of ether oxygens (including phenoxy) is 2. The minimum absolute atomic E-state index is 0.102. The van der Waals surface area contributed by atoms with Crippen molar-refractivity contribution >= 4 is 11.7 Å². The molecule has 0 unspecified atom stereocenters. The highest BCUT2D eigenvalue weighted by molar-refractivity contribution is 5.89. The SMILES string of the molecule is CCC(CC)c1ccc(N(Cc2cccc(-c3ccc(COc4c(F)c(C(=O)O)cc(F)c4OC)cc3)c2)C(C)C)cc1. The molecule has 43 heavy (non-hydrogen) atoms. The standard InChI is InChI=1S/C36H39F2NO4/c1-6-26(7-2)27-15-17-30(18-16-27)39(23(3)4)21-25-9-8-10-29(19-25)28-13-11-24(12-14-28)22-43-35-33(38)31(36(40)41)20-32(37)34(35)42-5/h8-20,23,26H,6-7,21-22H2,1-5H3,(H,40,41). The number of carbonyl (C=O) groups is 1. The van der Waals surface area contributed by atoms with E-state index < -0.39 is 34.7 Å². The summed E-state index contributed by atoms with van der Waals surface area (Å²) in [5, 5.41) is 9.19. The lowest BCUT2D eigenvalue weighted by atomic mass is 9.94. The lowest BCUT2D eigenvalue weighted by Gasteiger charge is -2.30. The highest BCUT2D eigenvalue weighted by Gasteiger charge is 2.24. The predicted octanol–water partition coefficient (Wildman–Crippen LogP) is 9.24. The Morgan fingerprint density at radius 3 is 2.12 bits per heavy atom. The van der Waals surface area contributed by atoms with Gasteiger partial charge in [0.1, 0.15) is 12.2 Å². The van der Waals surface area contributed by atoms with Crippen LogP contribution in [0, 0.1) is 11.6 Å². The number of hydrogen-bond donors (Lipinski definition) is 1. The Hall–Kier alpha value is -4.39. The van der Waals surface area contributed by atoms with Gasteiger partial charge in [0.05, 0.1) is 7.11 Å². The molecule has 0 aliphatic heterocycles. The molecule has 0 fully saturated rings. The predicted molar refractivity (Wildman–Crippen MR) is 167 cm³/mol. The van der Waals surface area contributed by atoms with E-state index in [0.29, 0.717) is 23.6 Å². The molecule has 0 aliphatic rings. The van der Waals surface area contributed by atoms with Crippen LogP contribution in [-0.2, 0) is 13.2 Å². The first-order valence-corrected chi connectivity index (χ1v) is 14.6. The zero-order chi connectivity index (χ0) is 31.1. The number of anilines is 1. The molecule has 0 spiro atoms. The average Bonchev–Trinajstić information content (AvgIpc) is 3.01. The van der Waals surface area contributed by atoms with Crippen LogP contribution in [0.4, 0.5) is 14.5 Å². The van der Waals surface area contributed by atoms with Gasteiger partial charge < -0.3 is 19.5 Å². The van der Waals surface area contributed by atoms with Crippen molar-refractivity contribution < 1.29 is 28.2 Å². The van der Waals surface area contributed by atoms with Gasteiger partial charge in [-0.25, -0.2) is 13.6 Å². The number of carboxylic acids is 1. The van der Waals surface area contributed by atoms with Crippen LogP contribution in [0.2, 0.25) is 0 Å². The Morgan fingerprint density at radius 2 is 1.53 bits per heavy atom. The maximum absolute atomic E-state index is 14.7. The fraction of sp³-hybridized carbons (Fsp3) is 0.306. The van der Waals surface area contributed by atoms with Gasteiger partial charge in [0.2, 0.25) is 5.75 Å². The molecule has 0 bridgehead atoms. The molecule has 0 aromatic heterocycles. The first-order chi connectivity index (χ1) is 20.7. The van der Waals surface area contributed by atoms with E-state index in [2.05, 4.69) is 81.1 Å². The minimum Gasteiger partial charge on any atom is -0.490 e. The number of benzene rings is 4. The summed E-state index contributed by atoms with van der Waals surface area (Å²) in [5.41, 5.74) is 5.70. The quantitative estimate of drug-likeness (QED) is 0.169. The summed E-state index contributed by atoms with van der Waals surface area (Å²) in [4.78, 5) is 13.7. The molecule has 0 aliphatic carbocycles. The Balaban J connectivity index is 1.49. The van der Waals surface area contributed by atoms with Gasteiger partial charge in [-0.1, -0.05) is 68.4 Å². The minimum atomic E-state index is -1.60. The highest BCUT2D eigenvalue weighted by Crippen LogP contribution is 2.36. The normalized spacial score (nSPS) is 11.2.